The van der Waals surface area contributed by atoms with Crippen LogP contribution in [0.2, 0.25) is 0 Å². The minimum Gasteiger partial charge on any atom is -0.311 e. The quantitative estimate of drug-likeness (QED) is 0.0748. The Kier molecular flexibility index (Phi) is 15.1. The van der Waals surface area contributed by atoms with Gasteiger partial charge in [0.25, 0.3) is 6.71 Å². The van der Waals surface area contributed by atoms with Gasteiger partial charge in [-0.25, -0.2) is 0 Å². The van der Waals surface area contributed by atoms with Gasteiger partial charge in [0.1, 0.15) is 0 Å². The first-order chi connectivity index (χ1) is 47.6. The SMILES string of the molecule is c1ccc(-c2cccc(N3c4ccc(-c5ccccc5)cc4B4c5ccc([Si](c6ccccc6)(c6ccccc6)c6ccccc6)cc5N(c5cccc([Si](c6ccccc6)(c6ccccc6)c6ccccc6)c5)c5cc(N(c6ccccc6)c6ccccc6)cc3c54)c2)cc1. The van der Waals surface area contributed by atoms with Crippen LogP contribution in [0.15, 0.2) is 400 Å². The summed E-state index contributed by atoms with van der Waals surface area (Å²) in [4.78, 5) is 7.71. The highest BCUT2D eigenvalue weighted by atomic mass is 28.3. The Balaban J connectivity index is 1.03. The zero-order valence-electron chi connectivity index (χ0n) is 53.0. The van der Waals surface area contributed by atoms with Crippen molar-refractivity contribution in [3.63, 3.8) is 0 Å². The molecule has 0 aliphatic carbocycles. The summed E-state index contributed by atoms with van der Waals surface area (Å²) in [7, 11) is -6.25. The Labute approximate surface area is 565 Å². The van der Waals surface area contributed by atoms with Crippen molar-refractivity contribution in [2.24, 2.45) is 0 Å². The van der Waals surface area contributed by atoms with E-state index in [9.17, 15) is 0 Å². The van der Waals surface area contributed by atoms with Gasteiger partial charge < -0.3 is 14.7 Å². The number of hydrogen-bond donors (Lipinski definition) is 0. The van der Waals surface area contributed by atoms with E-state index in [2.05, 4.69) is 415 Å². The van der Waals surface area contributed by atoms with E-state index in [0.717, 1.165) is 56.7 Å². The number of anilines is 9. The Morgan fingerprint density at radius 1 is 0.208 bits per heavy atom. The summed E-state index contributed by atoms with van der Waals surface area (Å²) >= 11 is 0. The molecule has 6 heteroatoms. The summed E-state index contributed by atoms with van der Waals surface area (Å²) in [5.41, 5.74) is 18.3. The predicted molar refractivity (Wildman–Crippen MR) is 413 cm³/mol. The number of hydrogen-bond acceptors (Lipinski definition) is 3. The molecule has 15 aromatic carbocycles. The molecule has 452 valence electrons. The fourth-order valence-electron chi connectivity index (χ4n) is 15.8. The van der Waals surface area contributed by atoms with E-state index < -0.39 is 16.1 Å². The number of para-hydroxylation sites is 2. The first kappa shape index (κ1) is 58.1. The first-order valence-corrected chi connectivity index (χ1v) is 37.3. The fraction of sp³-hybridized carbons (Fsp3) is 0. The maximum atomic E-state index is 2.68. The van der Waals surface area contributed by atoms with Gasteiger partial charge in [-0.1, -0.05) is 328 Å². The molecule has 0 saturated heterocycles. The number of rotatable bonds is 15. The normalized spacial score (nSPS) is 12.3. The Bertz CT molecular complexity index is 5000. The Morgan fingerprint density at radius 2 is 0.552 bits per heavy atom. The molecule has 2 aliphatic rings. The molecule has 3 nitrogen and oxygen atoms in total. The van der Waals surface area contributed by atoms with Crippen molar-refractivity contribution in [2.75, 3.05) is 14.7 Å². The standard InChI is InChI=1S/C90H66BN3Si2/c1-11-33-67(34-12-1)69-37-31-42-73(61-69)93-86-60-57-70(68-35-13-2-14-36-68)62-85(86)91-84-59-58-83(96(79-50-25-8-26-51-79,80-52-27-9-28-53-80)81-54-29-10-30-55-81)66-87(84)94(89-65-75(64-88(93)90(89)91)92(71-38-15-3-16-39-71)72-40-17-4-18-41-72)74-43-32-56-82(63-74)95(76-44-19-5-20-45-76,77-46-21-6-22-47-77)78-48-23-7-24-49-78/h1-66H. The second kappa shape index (κ2) is 24.9. The second-order valence-electron chi connectivity index (χ2n) is 25.1. The third-order valence-corrected chi connectivity index (χ3v) is 29.4. The number of fused-ring (bicyclic) bond motifs is 4. The average Bonchev–Trinajstić information content (AvgIpc) is 0.693. The van der Waals surface area contributed by atoms with Gasteiger partial charge in [0.05, 0.1) is 5.69 Å². The van der Waals surface area contributed by atoms with Gasteiger partial charge in [0.15, 0.2) is 16.1 Å². The van der Waals surface area contributed by atoms with Crippen LogP contribution >= 0.6 is 0 Å². The second-order valence-corrected chi connectivity index (χ2v) is 32.7. The van der Waals surface area contributed by atoms with Crippen LogP contribution in [0.25, 0.3) is 22.3 Å². The van der Waals surface area contributed by atoms with E-state index >= 15 is 0 Å². The topological polar surface area (TPSA) is 9.72 Å². The van der Waals surface area contributed by atoms with Gasteiger partial charge in [0, 0.05) is 45.5 Å². The van der Waals surface area contributed by atoms with Crippen molar-refractivity contribution >= 4 is 132 Å². The minimum absolute atomic E-state index is 0.214. The molecule has 15 aromatic rings. The largest absolute Gasteiger partial charge is 0.311 e. The first-order valence-electron chi connectivity index (χ1n) is 33.3. The highest BCUT2D eigenvalue weighted by Crippen LogP contribution is 2.49. The molecule has 0 saturated carbocycles. The van der Waals surface area contributed by atoms with Gasteiger partial charge in [-0.05, 0) is 153 Å². The molecular weight excluding hydrogens is 1190 g/mol. The molecule has 0 atom stereocenters. The van der Waals surface area contributed by atoms with Crippen LogP contribution in [0, 0.1) is 0 Å². The maximum Gasteiger partial charge on any atom is 0.252 e. The summed E-state index contributed by atoms with van der Waals surface area (Å²) < 4.78 is 0. The highest BCUT2D eigenvalue weighted by Gasteiger charge is 2.48. The lowest BCUT2D eigenvalue weighted by Gasteiger charge is -2.46. The van der Waals surface area contributed by atoms with Crippen molar-refractivity contribution in [1.29, 1.82) is 0 Å². The monoisotopic (exact) mass is 1260 g/mol. The average molecular weight is 1260 g/mol. The van der Waals surface area contributed by atoms with Crippen LogP contribution in [0.3, 0.4) is 0 Å². The molecule has 0 N–H and O–H groups in total. The van der Waals surface area contributed by atoms with E-state index in [1.54, 1.807) is 0 Å². The van der Waals surface area contributed by atoms with E-state index in [1.165, 1.54) is 74.6 Å². The minimum atomic E-state index is -3.15. The highest BCUT2D eigenvalue weighted by molar-refractivity contribution is 7.20. The van der Waals surface area contributed by atoms with E-state index in [-0.39, 0.29) is 6.71 Å². The Morgan fingerprint density at radius 3 is 0.990 bits per heavy atom. The molecule has 0 amide bonds. The summed E-state index contributed by atoms with van der Waals surface area (Å²) in [6.45, 7) is -0.214. The Hall–Kier alpha value is -11.8. The van der Waals surface area contributed by atoms with Crippen LogP contribution < -0.4 is 72.6 Å². The summed E-state index contributed by atoms with van der Waals surface area (Å²) in [6.07, 6.45) is 0. The molecule has 0 radical (unpaired) electrons. The van der Waals surface area contributed by atoms with Crippen LogP contribution in [-0.4, -0.2) is 22.9 Å². The molecule has 2 heterocycles. The van der Waals surface area contributed by atoms with Gasteiger partial charge in [0.2, 0.25) is 0 Å². The van der Waals surface area contributed by atoms with Crippen molar-refractivity contribution in [3.05, 3.63) is 400 Å². The summed E-state index contributed by atoms with van der Waals surface area (Å²) in [5, 5.41) is 10.5. The molecule has 2 aliphatic heterocycles. The van der Waals surface area contributed by atoms with Gasteiger partial charge in [-0.3, -0.25) is 0 Å². The van der Waals surface area contributed by atoms with Crippen molar-refractivity contribution in [2.45, 2.75) is 0 Å². The van der Waals surface area contributed by atoms with Crippen LogP contribution in [0.5, 0.6) is 0 Å². The third-order valence-electron chi connectivity index (χ3n) is 19.9. The van der Waals surface area contributed by atoms with Gasteiger partial charge in [-0.2, -0.15) is 0 Å². The number of benzene rings is 15. The lowest BCUT2D eigenvalue weighted by molar-refractivity contribution is 1.23. The molecule has 17 rings (SSSR count). The molecular formula is C90H66BN3Si2. The maximum absolute atomic E-state index is 3.15. The van der Waals surface area contributed by atoms with E-state index in [1.807, 2.05) is 0 Å². The lowest BCUT2D eigenvalue weighted by Crippen LogP contribution is -2.75. The molecule has 0 fully saturated rings. The molecule has 0 aromatic heterocycles. The van der Waals surface area contributed by atoms with Crippen LogP contribution in [0.4, 0.5) is 51.2 Å². The van der Waals surface area contributed by atoms with Crippen molar-refractivity contribution < 1.29 is 0 Å². The van der Waals surface area contributed by atoms with Crippen LogP contribution in [-0.2, 0) is 0 Å². The fourth-order valence-corrected chi connectivity index (χ4v) is 25.3. The van der Waals surface area contributed by atoms with Gasteiger partial charge >= 0.3 is 0 Å². The molecule has 0 unspecified atom stereocenters. The van der Waals surface area contributed by atoms with E-state index in [4.69, 9.17) is 0 Å². The molecule has 96 heavy (non-hydrogen) atoms. The summed E-state index contributed by atoms with van der Waals surface area (Å²) in [6, 6.07) is 151. The molecule has 0 spiro atoms. The molecule has 0 bridgehead atoms. The predicted octanol–water partition coefficient (Wildman–Crippen LogP) is 15.3. The van der Waals surface area contributed by atoms with Gasteiger partial charge in [-0.15, -0.1) is 0 Å². The van der Waals surface area contributed by atoms with Crippen molar-refractivity contribution in [3.8, 4) is 22.3 Å². The summed E-state index contributed by atoms with van der Waals surface area (Å²) in [5.74, 6) is 0. The smallest absolute Gasteiger partial charge is 0.252 e. The lowest BCUT2D eigenvalue weighted by atomic mass is 9.33. The zero-order valence-corrected chi connectivity index (χ0v) is 55.0. The van der Waals surface area contributed by atoms with Crippen LogP contribution in [0.1, 0.15) is 0 Å². The van der Waals surface area contributed by atoms with E-state index in [0.29, 0.717) is 0 Å². The zero-order chi connectivity index (χ0) is 63.8. The number of nitrogens with zero attached hydrogens (tertiary/aromatic N) is 3. The third kappa shape index (κ3) is 9.88. The van der Waals surface area contributed by atoms with Crippen molar-refractivity contribution in [1.82, 2.24) is 0 Å².